The first-order chi connectivity index (χ1) is 16.1. The zero-order valence-corrected chi connectivity index (χ0v) is 20.9. The molecule has 2 heterocycles. The van der Waals surface area contributed by atoms with Gasteiger partial charge in [-0.15, -0.1) is 10.2 Å². The van der Waals surface area contributed by atoms with Crippen LogP contribution in [0.3, 0.4) is 0 Å². The molecule has 1 saturated carbocycles. The van der Waals surface area contributed by atoms with Crippen LogP contribution < -0.4 is 10.6 Å². The number of urea groups is 1. The lowest BCUT2D eigenvalue weighted by Crippen LogP contribution is -2.54. The van der Waals surface area contributed by atoms with Gasteiger partial charge in [0.15, 0.2) is 4.34 Å². The summed E-state index contributed by atoms with van der Waals surface area (Å²) in [4.78, 5) is 39.4. The number of benzene rings is 1. The molecule has 1 saturated heterocycles. The van der Waals surface area contributed by atoms with E-state index >= 15 is 0 Å². The molecule has 0 radical (unpaired) electrons. The van der Waals surface area contributed by atoms with E-state index in [1.54, 1.807) is 12.1 Å². The van der Waals surface area contributed by atoms with E-state index in [0.717, 1.165) is 16.9 Å². The van der Waals surface area contributed by atoms with Gasteiger partial charge >= 0.3 is 6.03 Å². The Labute approximate surface area is 206 Å². The fourth-order valence-electron chi connectivity index (χ4n) is 5.09. The van der Waals surface area contributed by atoms with Crippen molar-refractivity contribution in [2.24, 2.45) is 11.3 Å². The first-order valence-electron chi connectivity index (χ1n) is 11.0. The third-order valence-corrected chi connectivity index (χ3v) is 8.07. The van der Waals surface area contributed by atoms with Crippen molar-refractivity contribution in [2.75, 3.05) is 11.9 Å². The van der Waals surface area contributed by atoms with Gasteiger partial charge < -0.3 is 5.32 Å². The molecule has 0 unspecified atom stereocenters. The summed E-state index contributed by atoms with van der Waals surface area (Å²) in [5.41, 5.74) is 0.637. The van der Waals surface area contributed by atoms with E-state index in [0.29, 0.717) is 39.5 Å². The van der Waals surface area contributed by atoms with Crippen molar-refractivity contribution >= 4 is 46.1 Å². The van der Waals surface area contributed by atoms with Crippen LogP contribution in [0.25, 0.3) is 0 Å². The molecule has 2 fully saturated rings. The van der Waals surface area contributed by atoms with E-state index in [9.17, 15) is 14.4 Å². The number of amides is 4. The molecular formula is C23H26N6O3S2. The van der Waals surface area contributed by atoms with E-state index < -0.39 is 17.5 Å². The predicted molar refractivity (Wildman–Crippen MR) is 129 cm³/mol. The van der Waals surface area contributed by atoms with Crippen LogP contribution in [-0.2, 0) is 15.3 Å². The number of hydrogen-bond donors (Lipinski definition) is 2. The van der Waals surface area contributed by atoms with Crippen molar-refractivity contribution in [1.82, 2.24) is 20.4 Å². The van der Waals surface area contributed by atoms with Gasteiger partial charge in [-0.1, -0.05) is 56.0 Å². The second-order valence-electron chi connectivity index (χ2n) is 9.78. The highest BCUT2D eigenvalue weighted by Crippen LogP contribution is 2.46. The molecule has 2 N–H and O–H groups in total. The van der Waals surface area contributed by atoms with Gasteiger partial charge in [-0.2, -0.15) is 5.26 Å². The minimum absolute atomic E-state index is 0.0722. The molecule has 9 nitrogen and oxygen atoms in total. The minimum Gasteiger partial charge on any atom is -0.323 e. The Morgan fingerprint density at radius 2 is 2.03 bits per heavy atom. The van der Waals surface area contributed by atoms with E-state index in [4.69, 9.17) is 5.26 Å². The smallest absolute Gasteiger partial charge is 0.323 e. The van der Waals surface area contributed by atoms with Gasteiger partial charge in [0.1, 0.15) is 12.1 Å². The zero-order valence-electron chi connectivity index (χ0n) is 19.3. The molecule has 1 aliphatic carbocycles. The quantitative estimate of drug-likeness (QED) is 0.352. The summed E-state index contributed by atoms with van der Waals surface area (Å²) in [6.07, 6.45) is 2.12. The molecule has 2 atom stereocenters. The summed E-state index contributed by atoms with van der Waals surface area (Å²) in [5.74, 6) is 0.114. The molecule has 11 heteroatoms. The standard InChI is InChI=1S/C23H26N6O3S2/c1-14-8-22(2,3)13-23(9-14)18(31)29(20(32)26-23)11-17(30)25-19-27-28-21(34-19)33-12-16-6-4-15(10-24)5-7-16/h4-7,14H,8-9,11-13H2,1-3H3,(H,26,32)(H,25,27,30)/t14-,23-/m0/s1. The van der Waals surface area contributed by atoms with E-state index in [-0.39, 0.29) is 17.9 Å². The van der Waals surface area contributed by atoms with Crippen LogP contribution in [0, 0.1) is 22.7 Å². The number of carbonyl (C=O) groups excluding carboxylic acids is 3. The maximum atomic E-state index is 13.2. The van der Waals surface area contributed by atoms with Gasteiger partial charge in [-0.3, -0.25) is 19.8 Å². The Morgan fingerprint density at radius 3 is 2.71 bits per heavy atom. The summed E-state index contributed by atoms with van der Waals surface area (Å²) in [6, 6.07) is 8.85. The number of hydrogen-bond acceptors (Lipinski definition) is 8. The number of thioether (sulfide) groups is 1. The van der Waals surface area contributed by atoms with Crippen molar-refractivity contribution < 1.29 is 14.4 Å². The summed E-state index contributed by atoms with van der Waals surface area (Å²) in [5, 5.41) is 22.8. The molecule has 4 rings (SSSR count). The molecule has 2 aromatic rings. The minimum atomic E-state index is -0.934. The average molecular weight is 499 g/mol. The number of anilines is 1. The van der Waals surface area contributed by atoms with Crippen LogP contribution in [0.2, 0.25) is 0 Å². The van der Waals surface area contributed by atoms with Gasteiger partial charge in [0.25, 0.3) is 5.91 Å². The summed E-state index contributed by atoms with van der Waals surface area (Å²) >= 11 is 2.69. The topological polar surface area (TPSA) is 128 Å². The molecule has 1 aromatic heterocycles. The highest BCUT2D eigenvalue weighted by atomic mass is 32.2. The number of rotatable bonds is 6. The number of imide groups is 1. The molecule has 1 aliphatic heterocycles. The second kappa shape index (κ2) is 9.35. The molecule has 1 spiro atoms. The largest absolute Gasteiger partial charge is 0.325 e. The van der Waals surface area contributed by atoms with Crippen LogP contribution in [0.4, 0.5) is 9.93 Å². The molecule has 1 aromatic carbocycles. The average Bonchev–Trinajstić information content (AvgIpc) is 3.29. The normalized spacial score (nSPS) is 23.6. The van der Waals surface area contributed by atoms with Gasteiger partial charge in [0, 0.05) is 5.75 Å². The number of carbonyl (C=O) groups is 3. The molecule has 0 bridgehead atoms. The summed E-state index contributed by atoms with van der Waals surface area (Å²) in [7, 11) is 0. The van der Waals surface area contributed by atoms with E-state index in [1.165, 1.54) is 23.1 Å². The first-order valence-corrected chi connectivity index (χ1v) is 12.8. The lowest BCUT2D eigenvalue weighted by molar-refractivity contribution is -0.136. The van der Waals surface area contributed by atoms with Crippen LogP contribution in [-0.4, -0.2) is 45.0 Å². The van der Waals surface area contributed by atoms with Gasteiger partial charge in [-0.25, -0.2) is 4.79 Å². The maximum absolute atomic E-state index is 13.2. The summed E-state index contributed by atoms with van der Waals surface area (Å²) in [6.45, 7) is 5.93. The van der Waals surface area contributed by atoms with E-state index in [1.807, 2.05) is 12.1 Å². The van der Waals surface area contributed by atoms with Gasteiger partial charge in [0.2, 0.25) is 11.0 Å². The number of nitrogens with zero attached hydrogens (tertiary/aromatic N) is 4. The lowest BCUT2D eigenvalue weighted by Gasteiger charge is -2.43. The van der Waals surface area contributed by atoms with Crippen molar-refractivity contribution in [3.63, 3.8) is 0 Å². The Morgan fingerprint density at radius 1 is 1.29 bits per heavy atom. The fraction of sp³-hybridized carbons (Fsp3) is 0.478. The highest BCUT2D eigenvalue weighted by Gasteiger charge is 2.56. The van der Waals surface area contributed by atoms with Gasteiger partial charge in [-0.05, 0) is 48.3 Å². The first kappa shape index (κ1) is 24.2. The second-order valence-corrected chi connectivity index (χ2v) is 12.0. The van der Waals surface area contributed by atoms with Crippen LogP contribution >= 0.6 is 23.1 Å². The third kappa shape index (κ3) is 5.23. The van der Waals surface area contributed by atoms with Crippen LogP contribution in [0.5, 0.6) is 0 Å². The lowest BCUT2D eigenvalue weighted by atomic mass is 9.64. The van der Waals surface area contributed by atoms with Crippen molar-refractivity contribution in [1.29, 1.82) is 5.26 Å². The molecular weight excluding hydrogens is 472 g/mol. The number of nitriles is 1. The molecule has 34 heavy (non-hydrogen) atoms. The Kier molecular flexibility index (Phi) is 6.64. The Balaban J connectivity index is 1.33. The highest BCUT2D eigenvalue weighted by molar-refractivity contribution is 8.00. The van der Waals surface area contributed by atoms with Crippen molar-refractivity contribution in [3.8, 4) is 6.07 Å². The van der Waals surface area contributed by atoms with Gasteiger partial charge in [0.05, 0.1) is 11.6 Å². The Bertz CT molecular complexity index is 1160. The SMILES string of the molecule is C[C@H]1CC(C)(C)C[C@]2(C1)NC(=O)N(CC(=O)Nc1nnc(SCc3ccc(C#N)cc3)s1)C2=O. The van der Waals surface area contributed by atoms with Crippen molar-refractivity contribution in [3.05, 3.63) is 35.4 Å². The maximum Gasteiger partial charge on any atom is 0.325 e. The van der Waals surface area contributed by atoms with Crippen LogP contribution in [0.1, 0.15) is 51.2 Å². The predicted octanol–water partition coefficient (Wildman–Crippen LogP) is 3.78. The van der Waals surface area contributed by atoms with E-state index in [2.05, 4.69) is 47.7 Å². The Hall–Kier alpha value is -2.97. The monoisotopic (exact) mass is 498 g/mol. The summed E-state index contributed by atoms with van der Waals surface area (Å²) < 4.78 is 0.673. The number of aromatic nitrogens is 2. The molecule has 4 amide bonds. The molecule has 178 valence electrons. The van der Waals surface area contributed by atoms with Crippen molar-refractivity contribution in [2.45, 2.75) is 55.7 Å². The molecule has 2 aliphatic rings. The zero-order chi connectivity index (χ0) is 24.5. The third-order valence-electron chi connectivity index (χ3n) is 6.02. The fourth-order valence-corrected chi connectivity index (χ4v) is 6.82. The number of nitrogens with one attached hydrogen (secondary N) is 2. The van der Waals surface area contributed by atoms with Crippen LogP contribution in [0.15, 0.2) is 28.6 Å².